The van der Waals surface area contributed by atoms with Gasteiger partial charge < -0.3 is 14.6 Å². The second-order valence-corrected chi connectivity index (χ2v) is 4.91. The van der Waals surface area contributed by atoms with Gasteiger partial charge >= 0.3 is 12.1 Å². The quantitative estimate of drug-likeness (QED) is 0.823. The number of aliphatic carboxylic acids is 1. The predicted molar refractivity (Wildman–Crippen MR) is 69.9 cm³/mol. The molecule has 124 valence electrons. The van der Waals surface area contributed by atoms with Crippen LogP contribution in [0.1, 0.15) is 23.2 Å². The second kappa shape index (κ2) is 6.41. The summed E-state index contributed by atoms with van der Waals surface area (Å²) < 4.78 is 54.8. The van der Waals surface area contributed by atoms with Crippen LogP contribution < -0.4 is 0 Å². The number of alkyl halides is 3. The molecule has 2 N–H and O–H groups in total. The molecule has 0 spiro atoms. The third-order valence-corrected chi connectivity index (χ3v) is 3.27. The van der Waals surface area contributed by atoms with Gasteiger partial charge in [0.15, 0.2) is 0 Å². The smallest absolute Gasteiger partial charge is 0.449 e. The van der Waals surface area contributed by atoms with Crippen molar-refractivity contribution in [1.82, 2.24) is 0 Å². The van der Waals surface area contributed by atoms with Crippen LogP contribution in [0.3, 0.4) is 0 Å². The van der Waals surface area contributed by atoms with Crippen molar-refractivity contribution < 1.29 is 37.0 Å². The van der Waals surface area contributed by atoms with Crippen LogP contribution in [-0.4, -0.2) is 16.2 Å². The van der Waals surface area contributed by atoms with Gasteiger partial charge in [-0.3, -0.25) is 4.79 Å². The highest BCUT2D eigenvalue weighted by molar-refractivity contribution is 5.71. The topological polar surface area (TPSA) is 70.7 Å². The largest absolute Gasteiger partial charge is 0.481 e. The van der Waals surface area contributed by atoms with Gasteiger partial charge in [-0.15, -0.1) is 0 Å². The average Bonchev–Trinajstić information content (AvgIpc) is 2.93. The van der Waals surface area contributed by atoms with Crippen LogP contribution in [0.2, 0.25) is 0 Å². The molecular weight excluding hydrogens is 320 g/mol. The molecule has 23 heavy (non-hydrogen) atoms. The van der Waals surface area contributed by atoms with Gasteiger partial charge in [0.2, 0.25) is 5.76 Å². The van der Waals surface area contributed by atoms with Crippen molar-refractivity contribution in [3.8, 4) is 0 Å². The summed E-state index contributed by atoms with van der Waals surface area (Å²) in [4.78, 5) is 11.3. The van der Waals surface area contributed by atoms with Crippen LogP contribution in [0.5, 0.6) is 0 Å². The van der Waals surface area contributed by atoms with E-state index < -0.39 is 42.2 Å². The Bertz CT molecular complexity index is 676. The lowest BCUT2D eigenvalue weighted by molar-refractivity contribution is -0.153. The summed E-state index contributed by atoms with van der Waals surface area (Å²) >= 11 is 0. The minimum absolute atomic E-state index is 0.140. The standard InChI is InChI=1S/C15H12F4O4/c16-9-3-1-8(2-4-9)13(20)11(14(21)22)7-10-5-6-12(23-10)15(17,18)19/h1-6,11,13,20H,7H2,(H,21,22). The molecule has 2 atom stereocenters. The fraction of sp³-hybridized carbons (Fsp3) is 0.267. The lowest BCUT2D eigenvalue weighted by Gasteiger charge is -2.18. The predicted octanol–water partition coefficient (Wildman–Crippen LogP) is 3.41. The Hall–Kier alpha value is -2.35. The average molecular weight is 332 g/mol. The molecule has 4 nitrogen and oxygen atoms in total. The normalized spacial score (nSPS) is 14.5. The van der Waals surface area contributed by atoms with Crippen LogP contribution in [0, 0.1) is 11.7 Å². The van der Waals surface area contributed by atoms with E-state index >= 15 is 0 Å². The van der Waals surface area contributed by atoms with Crippen LogP contribution in [0.25, 0.3) is 0 Å². The molecule has 0 aliphatic rings. The highest BCUT2D eigenvalue weighted by Gasteiger charge is 2.36. The molecule has 8 heteroatoms. The van der Waals surface area contributed by atoms with Gasteiger partial charge in [-0.05, 0) is 29.8 Å². The molecule has 0 amide bonds. The van der Waals surface area contributed by atoms with Gasteiger partial charge in [-0.25, -0.2) is 4.39 Å². The lowest BCUT2D eigenvalue weighted by Crippen LogP contribution is -2.24. The first-order chi connectivity index (χ1) is 10.7. The zero-order valence-corrected chi connectivity index (χ0v) is 11.5. The number of carboxylic acid groups (broad SMARTS) is 1. The molecule has 0 saturated carbocycles. The molecule has 0 aliphatic heterocycles. The minimum atomic E-state index is -4.67. The molecule has 0 radical (unpaired) electrons. The zero-order valence-electron chi connectivity index (χ0n) is 11.5. The van der Waals surface area contributed by atoms with Gasteiger partial charge in [0.1, 0.15) is 11.6 Å². The van der Waals surface area contributed by atoms with Gasteiger partial charge in [0.25, 0.3) is 0 Å². The van der Waals surface area contributed by atoms with E-state index in [1.807, 2.05) is 0 Å². The molecule has 1 aromatic heterocycles. The number of hydrogen-bond donors (Lipinski definition) is 2. The highest BCUT2D eigenvalue weighted by Crippen LogP contribution is 2.32. The molecular formula is C15H12F4O4. The lowest BCUT2D eigenvalue weighted by atomic mass is 9.92. The van der Waals surface area contributed by atoms with E-state index in [1.165, 1.54) is 12.1 Å². The van der Waals surface area contributed by atoms with Crippen LogP contribution in [0.15, 0.2) is 40.8 Å². The first-order valence-electron chi connectivity index (χ1n) is 6.50. The van der Waals surface area contributed by atoms with Crippen molar-refractivity contribution in [2.45, 2.75) is 18.7 Å². The maximum absolute atomic E-state index is 12.9. The molecule has 2 unspecified atom stereocenters. The minimum Gasteiger partial charge on any atom is -0.481 e. The van der Waals surface area contributed by atoms with Gasteiger partial charge in [0.05, 0.1) is 12.0 Å². The molecule has 1 aromatic carbocycles. The van der Waals surface area contributed by atoms with Gasteiger partial charge in [0, 0.05) is 6.42 Å². The Morgan fingerprint density at radius 1 is 1.13 bits per heavy atom. The fourth-order valence-corrected chi connectivity index (χ4v) is 2.08. The Labute approximate surface area is 128 Å². The van der Waals surface area contributed by atoms with Crippen molar-refractivity contribution in [3.05, 3.63) is 59.3 Å². The first kappa shape index (κ1) is 17.0. The van der Waals surface area contributed by atoms with E-state index in [4.69, 9.17) is 0 Å². The van der Waals surface area contributed by atoms with Crippen molar-refractivity contribution >= 4 is 5.97 Å². The Morgan fingerprint density at radius 2 is 1.74 bits per heavy atom. The third kappa shape index (κ3) is 4.10. The maximum Gasteiger partial charge on any atom is 0.449 e. The number of halogens is 4. The van der Waals surface area contributed by atoms with E-state index in [1.54, 1.807) is 0 Å². The molecule has 2 aromatic rings. The summed E-state index contributed by atoms with van der Waals surface area (Å²) in [6, 6.07) is 6.21. The first-order valence-corrected chi connectivity index (χ1v) is 6.50. The number of rotatable bonds is 5. The van der Waals surface area contributed by atoms with E-state index in [-0.39, 0.29) is 11.3 Å². The summed E-state index contributed by atoms with van der Waals surface area (Å²) in [5.41, 5.74) is 0.140. The van der Waals surface area contributed by atoms with Crippen molar-refractivity contribution in [2.24, 2.45) is 5.92 Å². The zero-order chi connectivity index (χ0) is 17.2. The molecule has 0 saturated heterocycles. The summed E-state index contributed by atoms with van der Waals surface area (Å²) in [6.45, 7) is 0. The van der Waals surface area contributed by atoms with Crippen LogP contribution >= 0.6 is 0 Å². The maximum atomic E-state index is 12.9. The molecule has 0 aliphatic carbocycles. The Balaban J connectivity index is 2.20. The summed E-state index contributed by atoms with van der Waals surface area (Å²) in [6.07, 6.45) is -6.64. The summed E-state index contributed by atoms with van der Waals surface area (Å²) in [5.74, 6) is -4.87. The molecule has 2 rings (SSSR count). The number of carbonyl (C=O) groups is 1. The number of aliphatic hydroxyl groups excluding tert-OH is 1. The number of furan rings is 1. The van der Waals surface area contributed by atoms with E-state index in [0.717, 1.165) is 18.2 Å². The SMILES string of the molecule is O=C(O)C(Cc1ccc(C(F)(F)F)o1)C(O)c1ccc(F)cc1. The third-order valence-electron chi connectivity index (χ3n) is 3.27. The summed E-state index contributed by atoms with van der Waals surface area (Å²) in [7, 11) is 0. The number of benzene rings is 1. The Kier molecular flexibility index (Phi) is 4.74. The number of carboxylic acids is 1. The van der Waals surface area contributed by atoms with Crippen molar-refractivity contribution in [3.63, 3.8) is 0 Å². The van der Waals surface area contributed by atoms with Crippen molar-refractivity contribution in [1.29, 1.82) is 0 Å². The van der Waals surface area contributed by atoms with Crippen molar-refractivity contribution in [2.75, 3.05) is 0 Å². The van der Waals surface area contributed by atoms with Crippen LogP contribution in [-0.2, 0) is 17.4 Å². The second-order valence-electron chi connectivity index (χ2n) is 4.91. The number of aliphatic hydroxyl groups is 1. The molecule has 1 heterocycles. The highest BCUT2D eigenvalue weighted by atomic mass is 19.4. The summed E-state index contributed by atoms with van der Waals surface area (Å²) in [5, 5.41) is 19.3. The Morgan fingerprint density at radius 3 is 2.22 bits per heavy atom. The molecule has 0 bridgehead atoms. The van der Waals surface area contributed by atoms with Crippen LogP contribution in [0.4, 0.5) is 17.6 Å². The monoisotopic (exact) mass is 332 g/mol. The van der Waals surface area contributed by atoms with E-state index in [2.05, 4.69) is 4.42 Å². The van der Waals surface area contributed by atoms with E-state index in [0.29, 0.717) is 6.07 Å². The molecule has 0 fully saturated rings. The fourth-order valence-electron chi connectivity index (χ4n) is 2.08. The van der Waals surface area contributed by atoms with E-state index in [9.17, 15) is 32.6 Å². The van der Waals surface area contributed by atoms with Gasteiger partial charge in [-0.1, -0.05) is 12.1 Å². The van der Waals surface area contributed by atoms with Gasteiger partial charge in [-0.2, -0.15) is 13.2 Å². The number of hydrogen-bond acceptors (Lipinski definition) is 3.